The van der Waals surface area contributed by atoms with Crippen molar-refractivity contribution in [2.45, 2.75) is 64.6 Å². The molecule has 104 valence electrons. The van der Waals surface area contributed by atoms with E-state index in [0.717, 1.165) is 12.8 Å². The molecule has 18 heavy (non-hydrogen) atoms. The number of carbonyl (C=O) groups is 2. The van der Waals surface area contributed by atoms with Gasteiger partial charge in [-0.15, -0.1) is 0 Å². The molecule has 0 saturated carbocycles. The molecule has 0 bridgehead atoms. The Morgan fingerprint density at radius 2 is 1.72 bits per heavy atom. The predicted molar refractivity (Wildman–Crippen MR) is 69.1 cm³/mol. The summed E-state index contributed by atoms with van der Waals surface area (Å²) in [6, 6.07) is -0.00634. The van der Waals surface area contributed by atoms with Crippen LogP contribution in [0.1, 0.15) is 47.5 Å². The maximum absolute atomic E-state index is 11.6. The zero-order chi connectivity index (χ0) is 14.0. The lowest BCUT2D eigenvalue weighted by molar-refractivity contribution is -0.155. The summed E-state index contributed by atoms with van der Waals surface area (Å²) < 4.78 is 4.68. The quantitative estimate of drug-likeness (QED) is 0.571. The van der Waals surface area contributed by atoms with Crippen LogP contribution < -0.4 is 10.6 Å². The van der Waals surface area contributed by atoms with Crippen molar-refractivity contribution in [1.29, 1.82) is 0 Å². The number of rotatable bonds is 2. The molecule has 1 aliphatic heterocycles. The molecule has 0 spiro atoms. The predicted octanol–water partition coefficient (Wildman–Crippen LogP) is 0.975. The molecule has 0 atom stereocenters. The van der Waals surface area contributed by atoms with E-state index in [1.54, 1.807) is 6.92 Å². The lowest BCUT2D eigenvalue weighted by atomic mass is 9.79. The molecule has 5 nitrogen and oxygen atoms in total. The maximum atomic E-state index is 11.6. The highest BCUT2D eigenvalue weighted by atomic mass is 16.5. The normalized spacial score (nSPS) is 22.3. The molecule has 1 rings (SSSR count). The Morgan fingerprint density at radius 1 is 1.22 bits per heavy atom. The molecule has 1 aliphatic rings. The summed E-state index contributed by atoms with van der Waals surface area (Å²) in [5.41, 5.74) is -0.122. The van der Waals surface area contributed by atoms with Gasteiger partial charge >= 0.3 is 11.9 Å². The van der Waals surface area contributed by atoms with Crippen LogP contribution in [0.5, 0.6) is 0 Å². The van der Waals surface area contributed by atoms with Crippen LogP contribution in [-0.4, -0.2) is 35.6 Å². The molecule has 0 aromatic heterocycles. The van der Waals surface area contributed by atoms with Gasteiger partial charge in [-0.25, -0.2) is 4.79 Å². The van der Waals surface area contributed by atoms with Gasteiger partial charge in [-0.1, -0.05) is 0 Å². The van der Waals surface area contributed by atoms with Crippen LogP contribution in [0.4, 0.5) is 0 Å². The molecule has 0 unspecified atom stereocenters. The number of carbonyl (C=O) groups excluding carboxylic acids is 2. The second kappa shape index (κ2) is 5.26. The minimum atomic E-state index is -0.799. The fraction of sp³-hybridized carbons (Fsp3) is 0.846. The van der Waals surface area contributed by atoms with E-state index in [0.29, 0.717) is 0 Å². The molecule has 0 aromatic carbocycles. The van der Waals surface area contributed by atoms with Crippen molar-refractivity contribution >= 4 is 11.9 Å². The minimum Gasteiger partial charge on any atom is -0.459 e. The topological polar surface area (TPSA) is 67.4 Å². The highest BCUT2D eigenvalue weighted by molar-refractivity contribution is 6.32. The Morgan fingerprint density at radius 3 is 2.17 bits per heavy atom. The summed E-state index contributed by atoms with van der Waals surface area (Å²) in [4.78, 5) is 22.9. The van der Waals surface area contributed by atoms with Crippen molar-refractivity contribution in [3.05, 3.63) is 0 Å². The number of amides is 1. The molecule has 5 heteroatoms. The smallest absolute Gasteiger partial charge is 0.396 e. The third-order valence-electron chi connectivity index (χ3n) is 2.99. The SMILES string of the molecule is CCOC(=O)C(=O)NC1CC(C)(C)NC(C)(C)C1. The van der Waals surface area contributed by atoms with Crippen molar-refractivity contribution in [3.63, 3.8) is 0 Å². The standard InChI is InChI=1S/C13H24N2O3/c1-6-18-11(17)10(16)14-9-7-12(2,3)15-13(4,5)8-9/h9,15H,6-8H2,1-5H3,(H,14,16). The molecular formula is C13H24N2O3. The third-order valence-corrected chi connectivity index (χ3v) is 2.99. The summed E-state index contributed by atoms with van der Waals surface area (Å²) >= 11 is 0. The van der Waals surface area contributed by atoms with Gasteiger partial charge in [0.05, 0.1) is 6.61 Å². The minimum absolute atomic E-state index is 0.00634. The average Bonchev–Trinajstić information content (AvgIpc) is 2.12. The van der Waals surface area contributed by atoms with Gasteiger partial charge in [0.25, 0.3) is 0 Å². The van der Waals surface area contributed by atoms with Crippen LogP contribution >= 0.6 is 0 Å². The zero-order valence-electron chi connectivity index (χ0n) is 11.9. The van der Waals surface area contributed by atoms with Crippen molar-refractivity contribution in [2.75, 3.05) is 6.61 Å². The average molecular weight is 256 g/mol. The number of hydrogen-bond acceptors (Lipinski definition) is 4. The molecular weight excluding hydrogens is 232 g/mol. The largest absolute Gasteiger partial charge is 0.459 e. The van der Waals surface area contributed by atoms with E-state index in [9.17, 15) is 9.59 Å². The first-order valence-electron chi connectivity index (χ1n) is 6.42. The van der Waals surface area contributed by atoms with Crippen LogP contribution in [-0.2, 0) is 14.3 Å². The van der Waals surface area contributed by atoms with Crippen molar-refractivity contribution in [3.8, 4) is 0 Å². The Balaban J connectivity index is 2.62. The summed E-state index contributed by atoms with van der Waals surface area (Å²) in [7, 11) is 0. The van der Waals surface area contributed by atoms with E-state index < -0.39 is 11.9 Å². The Hall–Kier alpha value is -1.10. The molecule has 1 saturated heterocycles. The number of esters is 1. The number of hydrogen-bond donors (Lipinski definition) is 2. The summed E-state index contributed by atoms with van der Waals surface area (Å²) in [6.07, 6.45) is 1.59. The van der Waals surface area contributed by atoms with E-state index in [1.165, 1.54) is 0 Å². The Bertz CT molecular complexity index is 321. The molecule has 0 aromatic rings. The van der Waals surface area contributed by atoms with Crippen molar-refractivity contribution in [2.24, 2.45) is 0 Å². The molecule has 1 fully saturated rings. The number of piperidine rings is 1. The van der Waals surface area contributed by atoms with Gasteiger partial charge in [-0.3, -0.25) is 4.79 Å². The maximum Gasteiger partial charge on any atom is 0.396 e. The molecule has 2 N–H and O–H groups in total. The fourth-order valence-electron chi connectivity index (χ4n) is 2.87. The highest BCUT2D eigenvalue weighted by Crippen LogP contribution is 2.28. The van der Waals surface area contributed by atoms with Crippen LogP contribution in [0.2, 0.25) is 0 Å². The van der Waals surface area contributed by atoms with E-state index >= 15 is 0 Å². The second-order valence-corrected chi connectivity index (χ2v) is 6.19. The molecule has 0 radical (unpaired) electrons. The first kappa shape index (κ1) is 15.0. The number of nitrogens with one attached hydrogen (secondary N) is 2. The lowest BCUT2D eigenvalue weighted by Crippen LogP contribution is -2.62. The van der Waals surface area contributed by atoms with Gasteiger partial charge in [-0.2, -0.15) is 0 Å². The van der Waals surface area contributed by atoms with Crippen LogP contribution in [0.3, 0.4) is 0 Å². The first-order chi connectivity index (χ1) is 8.15. The van der Waals surface area contributed by atoms with Crippen LogP contribution in [0.15, 0.2) is 0 Å². The molecule has 1 amide bonds. The summed E-state index contributed by atoms with van der Waals surface area (Å²) in [5, 5.41) is 6.28. The monoisotopic (exact) mass is 256 g/mol. The third kappa shape index (κ3) is 4.29. The van der Waals surface area contributed by atoms with Crippen molar-refractivity contribution in [1.82, 2.24) is 10.6 Å². The van der Waals surface area contributed by atoms with Gasteiger partial charge in [-0.05, 0) is 47.5 Å². The van der Waals surface area contributed by atoms with Crippen molar-refractivity contribution < 1.29 is 14.3 Å². The van der Waals surface area contributed by atoms with Gasteiger partial charge in [0.1, 0.15) is 0 Å². The number of ether oxygens (including phenoxy) is 1. The summed E-state index contributed by atoms with van der Waals surface area (Å²) in [5.74, 6) is -1.44. The van der Waals surface area contributed by atoms with Gasteiger partial charge in [0.15, 0.2) is 0 Å². The highest BCUT2D eigenvalue weighted by Gasteiger charge is 2.38. The molecule has 0 aliphatic carbocycles. The Labute approximate surface area is 109 Å². The van der Waals surface area contributed by atoms with Crippen LogP contribution in [0, 0.1) is 0 Å². The van der Waals surface area contributed by atoms with E-state index in [4.69, 9.17) is 0 Å². The van der Waals surface area contributed by atoms with Gasteiger partial charge in [0, 0.05) is 17.1 Å². The van der Waals surface area contributed by atoms with E-state index in [2.05, 4.69) is 43.1 Å². The second-order valence-electron chi connectivity index (χ2n) is 6.19. The van der Waals surface area contributed by atoms with Gasteiger partial charge in [0.2, 0.25) is 0 Å². The van der Waals surface area contributed by atoms with Crippen LogP contribution in [0.25, 0.3) is 0 Å². The first-order valence-corrected chi connectivity index (χ1v) is 6.42. The van der Waals surface area contributed by atoms with E-state index in [1.807, 2.05) is 0 Å². The zero-order valence-corrected chi connectivity index (χ0v) is 11.9. The van der Waals surface area contributed by atoms with E-state index in [-0.39, 0.29) is 23.7 Å². The lowest BCUT2D eigenvalue weighted by Gasteiger charge is -2.46. The molecule has 1 heterocycles. The Kier molecular flexibility index (Phi) is 4.37. The summed E-state index contributed by atoms with van der Waals surface area (Å²) in [6.45, 7) is 10.3. The fourth-order valence-corrected chi connectivity index (χ4v) is 2.87. The van der Waals surface area contributed by atoms with Gasteiger partial charge < -0.3 is 15.4 Å².